The zero-order chi connectivity index (χ0) is 12.4. The highest BCUT2D eigenvalue weighted by Crippen LogP contribution is 2.33. The van der Waals surface area contributed by atoms with Gasteiger partial charge in [-0.15, -0.1) is 8.75 Å². The zero-order valence-corrected chi connectivity index (χ0v) is 12.0. The van der Waals surface area contributed by atoms with Crippen molar-refractivity contribution >= 4 is 23.5 Å². The molecule has 7 heteroatoms. The molecular weight excluding hydrogens is 270 g/mol. The summed E-state index contributed by atoms with van der Waals surface area (Å²) in [5.74, 6) is 2.76. The molecule has 0 amide bonds. The van der Waals surface area contributed by atoms with E-state index in [4.69, 9.17) is 9.47 Å². The van der Waals surface area contributed by atoms with Gasteiger partial charge in [-0.2, -0.15) is 11.8 Å². The van der Waals surface area contributed by atoms with E-state index in [1.165, 1.54) is 19.5 Å². The maximum atomic E-state index is 5.97. The molecule has 3 unspecified atom stereocenters. The first kappa shape index (κ1) is 12.5. The Morgan fingerprint density at radius 2 is 2.28 bits per heavy atom. The average Bonchev–Trinajstić information content (AvgIpc) is 3.07. The summed E-state index contributed by atoms with van der Waals surface area (Å²) in [6.07, 6.45) is 3.57. The van der Waals surface area contributed by atoms with Gasteiger partial charge in [-0.3, -0.25) is 4.90 Å². The Morgan fingerprint density at radius 3 is 3.00 bits per heavy atom. The van der Waals surface area contributed by atoms with Crippen molar-refractivity contribution in [2.24, 2.45) is 5.92 Å². The Hall–Kier alpha value is -0.530. The minimum Gasteiger partial charge on any atom is -0.472 e. The number of thioether (sulfide) groups is 1. The van der Waals surface area contributed by atoms with E-state index in [1.54, 1.807) is 11.8 Å². The molecule has 0 aliphatic carbocycles. The largest absolute Gasteiger partial charge is 0.472 e. The second kappa shape index (κ2) is 5.63. The molecule has 1 aromatic heterocycles. The molecule has 0 saturated carbocycles. The maximum absolute atomic E-state index is 5.97. The van der Waals surface area contributed by atoms with Gasteiger partial charge in [0, 0.05) is 24.8 Å². The Labute approximate surface area is 115 Å². The second-order valence-corrected chi connectivity index (χ2v) is 6.19. The van der Waals surface area contributed by atoms with E-state index < -0.39 is 0 Å². The van der Waals surface area contributed by atoms with Gasteiger partial charge in [-0.1, -0.05) is 0 Å². The van der Waals surface area contributed by atoms with Crippen molar-refractivity contribution in [1.82, 2.24) is 13.6 Å². The van der Waals surface area contributed by atoms with Gasteiger partial charge < -0.3 is 9.47 Å². The highest BCUT2D eigenvalue weighted by molar-refractivity contribution is 7.98. The van der Waals surface area contributed by atoms with E-state index in [9.17, 15) is 0 Å². The molecule has 2 fully saturated rings. The molecule has 5 nitrogen and oxygen atoms in total. The van der Waals surface area contributed by atoms with Gasteiger partial charge in [0.15, 0.2) is 0 Å². The minimum atomic E-state index is 0.269. The normalized spacial score (nSPS) is 29.7. The summed E-state index contributed by atoms with van der Waals surface area (Å²) in [6.45, 7) is 4.07. The van der Waals surface area contributed by atoms with E-state index in [0.717, 1.165) is 24.0 Å². The van der Waals surface area contributed by atoms with Crippen LogP contribution in [0.5, 0.6) is 11.8 Å². The molecule has 2 aliphatic rings. The number of aromatic nitrogens is 2. The molecule has 3 atom stereocenters. The molecule has 0 aromatic carbocycles. The molecule has 18 heavy (non-hydrogen) atoms. The van der Waals surface area contributed by atoms with Crippen LogP contribution in [0.4, 0.5) is 0 Å². The van der Waals surface area contributed by atoms with Gasteiger partial charge in [-0.25, -0.2) is 0 Å². The highest BCUT2D eigenvalue weighted by Gasteiger charge is 2.40. The number of hydrogen-bond donors (Lipinski definition) is 0. The fourth-order valence-electron chi connectivity index (χ4n) is 2.57. The second-order valence-electron chi connectivity index (χ2n) is 4.68. The summed E-state index contributed by atoms with van der Waals surface area (Å²) in [5, 5.41) is 0. The molecule has 1 aromatic rings. The standard InChI is InChI=1S/C11H17N3O2S2/c1-17-5-4-15-10-11(13-18-12-10)16-9-7-14-3-2-8(9)6-14/h8-9H,2-7H2,1H3. The van der Waals surface area contributed by atoms with Crippen molar-refractivity contribution in [3.63, 3.8) is 0 Å². The molecule has 2 aliphatic heterocycles. The van der Waals surface area contributed by atoms with Gasteiger partial charge in [0.05, 0.1) is 18.3 Å². The number of nitrogens with zero attached hydrogens (tertiary/aromatic N) is 3. The highest BCUT2D eigenvalue weighted by atomic mass is 32.2. The third kappa shape index (κ3) is 2.57. The van der Waals surface area contributed by atoms with Gasteiger partial charge in [0.1, 0.15) is 6.10 Å². The smallest absolute Gasteiger partial charge is 0.291 e. The molecule has 0 N–H and O–H groups in total. The van der Waals surface area contributed by atoms with Gasteiger partial charge in [-0.05, 0) is 19.2 Å². The monoisotopic (exact) mass is 287 g/mol. The number of fused-ring (bicyclic) bond motifs is 2. The van der Waals surface area contributed by atoms with Crippen molar-refractivity contribution in [1.29, 1.82) is 0 Å². The maximum Gasteiger partial charge on any atom is 0.291 e. The van der Waals surface area contributed by atoms with Crippen LogP contribution >= 0.6 is 23.5 Å². The van der Waals surface area contributed by atoms with Crippen molar-refractivity contribution < 1.29 is 9.47 Å². The molecule has 3 heterocycles. The zero-order valence-electron chi connectivity index (χ0n) is 10.4. The third-order valence-corrected chi connectivity index (χ3v) is 4.56. The van der Waals surface area contributed by atoms with Crippen LogP contribution in [0.1, 0.15) is 6.42 Å². The summed E-state index contributed by atoms with van der Waals surface area (Å²) in [4.78, 5) is 2.45. The molecule has 0 spiro atoms. The minimum absolute atomic E-state index is 0.269. The van der Waals surface area contributed by atoms with E-state index >= 15 is 0 Å². The summed E-state index contributed by atoms with van der Waals surface area (Å²) < 4.78 is 19.9. The average molecular weight is 287 g/mol. The fourth-order valence-corrected chi connectivity index (χ4v) is 3.26. The quantitative estimate of drug-likeness (QED) is 0.736. The molecule has 3 rings (SSSR count). The summed E-state index contributed by atoms with van der Waals surface area (Å²) in [7, 11) is 0. The first-order valence-electron chi connectivity index (χ1n) is 6.20. The predicted octanol–water partition coefficient (Wildman–Crippen LogP) is 1.36. The molecule has 100 valence electrons. The van der Waals surface area contributed by atoms with E-state index in [1.807, 2.05) is 0 Å². The van der Waals surface area contributed by atoms with E-state index in [0.29, 0.717) is 24.3 Å². The van der Waals surface area contributed by atoms with Crippen LogP contribution in [-0.4, -0.2) is 58.0 Å². The lowest BCUT2D eigenvalue weighted by Gasteiger charge is -2.22. The lowest BCUT2D eigenvalue weighted by molar-refractivity contribution is 0.130. The Morgan fingerprint density at radius 1 is 1.39 bits per heavy atom. The van der Waals surface area contributed by atoms with Crippen molar-refractivity contribution in [2.45, 2.75) is 12.5 Å². The van der Waals surface area contributed by atoms with Crippen molar-refractivity contribution in [3.05, 3.63) is 0 Å². The summed E-state index contributed by atoms with van der Waals surface area (Å²) in [6, 6.07) is 0. The van der Waals surface area contributed by atoms with E-state index in [-0.39, 0.29) is 6.10 Å². The molecular formula is C11H17N3O2S2. The van der Waals surface area contributed by atoms with Crippen molar-refractivity contribution in [2.75, 3.05) is 38.2 Å². The van der Waals surface area contributed by atoms with Crippen LogP contribution < -0.4 is 9.47 Å². The Bertz CT molecular complexity index is 401. The van der Waals surface area contributed by atoms with Crippen LogP contribution in [0.25, 0.3) is 0 Å². The van der Waals surface area contributed by atoms with Gasteiger partial charge >= 0.3 is 0 Å². The number of piperidine rings is 1. The lowest BCUT2D eigenvalue weighted by atomic mass is 10.0. The summed E-state index contributed by atoms with van der Waals surface area (Å²) in [5.41, 5.74) is 0. The van der Waals surface area contributed by atoms with Crippen LogP contribution in [0, 0.1) is 5.92 Å². The third-order valence-electron chi connectivity index (χ3n) is 3.49. The predicted molar refractivity (Wildman–Crippen MR) is 72.7 cm³/mol. The van der Waals surface area contributed by atoms with Crippen LogP contribution in [0.2, 0.25) is 0 Å². The number of rotatable bonds is 6. The van der Waals surface area contributed by atoms with E-state index in [2.05, 4.69) is 19.9 Å². The first-order chi connectivity index (χ1) is 8.86. The Balaban J connectivity index is 1.57. The van der Waals surface area contributed by atoms with Crippen molar-refractivity contribution in [3.8, 4) is 11.8 Å². The molecule has 2 bridgehead atoms. The van der Waals surface area contributed by atoms with Crippen LogP contribution in [0.3, 0.4) is 0 Å². The lowest BCUT2D eigenvalue weighted by Crippen LogP contribution is -2.32. The number of hydrogen-bond acceptors (Lipinski definition) is 7. The molecule has 0 radical (unpaired) electrons. The SMILES string of the molecule is CSCCOc1nsnc1OC1CN2CCC1C2. The Kier molecular flexibility index (Phi) is 3.91. The van der Waals surface area contributed by atoms with Crippen LogP contribution in [-0.2, 0) is 0 Å². The number of ether oxygens (including phenoxy) is 2. The fraction of sp³-hybridized carbons (Fsp3) is 0.818. The van der Waals surface area contributed by atoms with Gasteiger partial charge in [0.25, 0.3) is 11.8 Å². The van der Waals surface area contributed by atoms with Gasteiger partial charge in [0.2, 0.25) is 0 Å². The topological polar surface area (TPSA) is 47.5 Å². The van der Waals surface area contributed by atoms with Crippen LogP contribution in [0.15, 0.2) is 0 Å². The molecule has 2 saturated heterocycles. The first-order valence-corrected chi connectivity index (χ1v) is 8.32. The summed E-state index contributed by atoms with van der Waals surface area (Å²) >= 11 is 2.91.